The molecule has 0 saturated carbocycles. The molecule has 1 N–H and O–H groups in total. The maximum atomic E-state index is 13.5. The Morgan fingerprint density at radius 1 is 1.12 bits per heavy atom. The van der Waals surface area contributed by atoms with Gasteiger partial charge in [0.05, 0.1) is 17.3 Å². The van der Waals surface area contributed by atoms with Gasteiger partial charge >= 0.3 is 0 Å². The van der Waals surface area contributed by atoms with Crippen molar-refractivity contribution in [1.29, 1.82) is 0 Å². The number of rotatable bonds is 5. The van der Waals surface area contributed by atoms with Gasteiger partial charge in [0.25, 0.3) is 0 Å². The fourth-order valence-corrected chi connectivity index (χ4v) is 3.33. The van der Waals surface area contributed by atoms with Gasteiger partial charge in [0.1, 0.15) is 0 Å². The summed E-state index contributed by atoms with van der Waals surface area (Å²) in [6.07, 6.45) is 2.80. The molecule has 1 atom stereocenters. The quantitative estimate of drug-likeness (QED) is 0.853. The minimum absolute atomic E-state index is 0.208. The first-order valence-corrected chi connectivity index (χ1v) is 8.70. The molecule has 1 fully saturated rings. The first-order chi connectivity index (χ1) is 12.1. The van der Waals surface area contributed by atoms with Gasteiger partial charge in [-0.15, -0.1) is 0 Å². The number of nitrogens with zero attached hydrogens (tertiary/aromatic N) is 1. The van der Waals surface area contributed by atoms with Gasteiger partial charge < -0.3 is 10.2 Å². The van der Waals surface area contributed by atoms with Crippen molar-refractivity contribution >= 4 is 17.3 Å². The number of carbonyl (C=O) groups is 1. The lowest BCUT2D eigenvalue weighted by Gasteiger charge is -2.23. The van der Waals surface area contributed by atoms with E-state index in [0.29, 0.717) is 12.0 Å². The van der Waals surface area contributed by atoms with Crippen LogP contribution in [0, 0.1) is 11.6 Å². The summed E-state index contributed by atoms with van der Waals surface area (Å²) in [6.45, 7) is 3.82. The van der Waals surface area contributed by atoms with Crippen LogP contribution in [0.2, 0.25) is 0 Å². The van der Waals surface area contributed by atoms with Crippen molar-refractivity contribution in [3.8, 4) is 0 Å². The number of para-hydroxylation sites is 2. The summed E-state index contributed by atoms with van der Waals surface area (Å²) in [7, 11) is 0. The van der Waals surface area contributed by atoms with Crippen molar-refractivity contribution in [3.05, 3.63) is 59.7 Å². The Labute approximate surface area is 146 Å². The Bertz CT molecular complexity index is 757. The third kappa shape index (κ3) is 3.81. The highest BCUT2D eigenvalue weighted by Crippen LogP contribution is 2.30. The summed E-state index contributed by atoms with van der Waals surface area (Å²) in [5.41, 5.74) is 2.25. The smallest absolute Gasteiger partial charge is 0.231 e. The molecule has 0 spiro atoms. The van der Waals surface area contributed by atoms with Crippen LogP contribution in [0.5, 0.6) is 0 Å². The molecule has 2 aromatic rings. The Hall–Kier alpha value is -2.43. The van der Waals surface area contributed by atoms with E-state index in [9.17, 15) is 13.6 Å². The van der Waals surface area contributed by atoms with E-state index < -0.39 is 17.6 Å². The summed E-state index contributed by atoms with van der Waals surface area (Å²) in [5.74, 6) is -2.57. The van der Waals surface area contributed by atoms with Crippen LogP contribution in [-0.2, 0) is 4.79 Å². The summed E-state index contributed by atoms with van der Waals surface area (Å²) in [5, 5.41) is 2.97. The molecule has 1 amide bonds. The first-order valence-electron chi connectivity index (χ1n) is 8.70. The van der Waals surface area contributed by atoms with Gasteiger partial charge in [-0.1, -0.05) is 25.1 Å². The number of anilines is 2. The predicted molar refractivity (Wildman–Crippen MR) is 95.9 cm³/mol. The predicted octanol–water partition coefficient (Wildman–Crippen LogP) is 4.70. The molecule has 1 aliphatic heterocycles. The summed E-state index contributed by atoms with van der Waals surface area (Å²) >= 11 is 0. The van der Waals surface area contributed by atoms with E-state index in [1.807, 2.05) is 31.2 Å². The van der Waals surface area contributed by atoms with E-state index in [0.717, 1.165) is 49.4 Å². The number of hydrogen-bond donors (Lipinski definition) is 1. The Morgan fingerprint density at radius 2 is 1.84 bits per heavy atom. The minimum atomic E-state index is -0.929. The lowest BCUT2D eigenvalue weighted by atomic mass is 9.95. The minimum Gasteiger partial charge on any atom is -0.370 e. The van der Waals surface area contributed by atoms with E-state index in [4.69, 9.17) is 0 Å². The largest absolute Gasteiger partial charge is 0.370 e. The topological polar surface area (TPSA) is 32.3 Å². The van der Waals surface area contributed by atoms with Crippen LogP contribution in [0.15, 0.2) is 42.5 Å². The van der Waals surface area contributed by atoms with Crippen molar-refractivity contribution < 1.29 is 13.6 Å². The lowest BCUT2D eigenvalue weighted by molar-refractivity contribution is -0.117. The molecule has 1 unspecified atom stereocenters. The van der Waals surface area contributed by atoms with Crippen molar-refractivity contribution in [1.82, 2.24) is 0 Å². The third-order valence-corrected chi connectivity index (χ3v) is 4.68. The Morgan fingerprint density at radius 3 is 2.52 bits per heavy atom. The van der Waals surface area contributed by atoms with Crippen molar-refractivity contribution in [2.75, 3.05) is 23.3 Å². The second-order valence-electron chi connectivity index (χ2n) is 6.33. The number of hydrogen-bond acceptors (Lipinski definition) is 2. The molecule has 1 heterocycles. The average Bonchev–Trinajstić information content (AvgIpc) is 3.13. The van der Waals surface area contributed by atoms with Crippen LogP contribution in [0.4, 0.5) is 20.2 Å². The van der Waals surface area contributed by atoms with Gasteiger partial charge in [-0.3, -0.25) is 4.79 Å². The zero-order chi connectivity index (χ0) is 17.8. The summed E-state index contributed by atoms with van der Waals surface area (Å²) < 4.78 is 26.7. The van der Waals surface area contributed by atoms with Gasteiger partial charge in [0.2, 0.25) is 5.91 Å². The molecule has 0 radical (unpaired) electrons. The van der Waals surface area contributed by atoms with Crippen LogP contribution in [-0.4, -0.2) is 19.0 Å². The second-order valence-corrected chi connectivity index (χ2v) is 6.33. The van der Waals surface area contributed by atoms with Crippen LogP contribution >= 0.6 is 0 Å². The van der Waals surface area contributed by atoms with Gasteiger partial charge in [0, 0.05) is 13.1 Å². The van der Waals surface area contributed by atoms with E-state index in [2.05, 4.69) is 10.2 Å². The maximum Gasteiger partial charge on any atom is 0.231 e. The van der Waals surface area contributed by atoms with Crippen LogP contribution in [0.3, 0.4) is 0 Å². The highest BCUT2D eigenvalue weighted by Gasteiger charge is 2.22. The van der Waals surface area contributed by atoms with Gasteiger partial charge in [-0.05, 0) is 49.1 Å². The molecule has 0 aliphatic carbocycles. The van der Waals surface area contributed by atoms with Gasteiger partial charge in [0.15, 0.2) is 11.6 Å². The molecule has 1 aliphatic rings. The molecule has 0 bridgehead atoms. The van der Waals surface area contributed by atoms with Crippen molar-refractivity contribution in [2.45, 2.75) is 32.1 Å². The standard InChI is InChI=1S/C20H22F2N2O/c1-2-15(14-9-10-16(21)17(22)13-14)20(25)23-18-7-3-4-8-19(18)24-11-5-6-12-24/h3-4,7-10,13,15H,2,5-6,11-12H2,1H3,(H,23,25). The fraction of sp³-hybridized carbons (Fsp3) is 0.350. The molecule has 25 heavy (non-hydrogen) atoms. The molecule has 1 saturated heterocycles. The molecular weight excluding hydrogens is 322 g/mol. The number of halogens is 2. The molecule has 132 valence electrons. The first kappa shape index (κ1) is 17.4. The molecule has 3 nitrogen and oxygen atoms in total. The second kappa shape index (κ2) is 7.64. The Balaban J connectivity index is 1.82. The zero-order valence-corrected chi connectivity index (χ0v) is 14.3. The Kier molecular flexibility index (Phi) is 5.31. The van der Waals surface area contributed by atoms with Gasteiger partial charge in [-0.25, -0.2) is 8.78 Å². The lowest BCUT2D eigenvalue weighted by Crippen LogP contribution is -2.24. The van der Waals surface area contributed by atoms with Crippen LogP contribution in [0.1, 0.15) is 37.7 Å². The number of nitrogens with one attached hydrogen (secondary N) is 1. The number of amides is 1. The van der Waals surface area contributed by atoms with E-state index in [1.165, 1.54) is 6.07 Å². The van der Waals surface area contributed by atoms with Crippen LogP contribution < -0.4 is 10.2 Å². The zero-order valence-electron chi connectivity index (χ0n) is 14.3. The van der Waals surface area contributed by atoms with Crippen molar-refractivity contribution in [3.63, 3.8) is 0 Å². The summed E-state index contributed by atoms with van der Waals surface area (Å²) in [6, 6.07) is 11.4. The number of benzene rings is 2. The highest BCUT2D eigenvalue weighted by molar-refractivity contribution is 5.98. The monoisotopic (exact) mass is 344 g/mol. The van der Waals surface area contributed by atoms with E-state index >= 15 is 0 Å². The SMILES string of the molecule is CCC(C(=O)Nc1ccccc1N1CCCC1)c1ccc(F)c(F)c1. The van der Waals surface area contributed by atoms with Crippen LogP contribution in [0.25, 0.3) is 0 Å². The molecule has 3 rings (SSSR count). The maximum absolute atomic E-state index is 13.5. The third-order valence-electron chi connectivity index (χ3n) is 4.68. The average molecular weight is 344 g/mol. The van der Waals surface area contributed by atoms with Gasteiger partial charge in [-0.2, -0.15) is 0 Å². The highest BCUT2D eigenvalue weighted by atomic mass is 19.2. The molecule has 2 aromatic carbocycles. The molecule has 5 heteroatoms. The van der Waals surface area contributed by atoms with E-state index in [-0.39, 0.29) is 5.91 Å². The van der Waals surface area contributed by atoms with Crippen molar-refractivity contribution in [2.24, 2.45) is 0 Å². The summed E-state index contributed by atoms with van der Waals surface area (Å²) in [4.78, 5) is 15.0. The fourth-order valence-electron chi connectivity index (χ4n) is 3.33. The molecular formula is C20H22F2N2O. The van der Waals surface area contributed by atoms with E-state index in [1.54, 1.807) is 0 Å². The number of carbonyl (C=O) groups excluding carboxylic acids is 1. The molecule has 0 aromatic heterocycles. The normalized spacial score (nSPS) is 15.2.